The topological polar surface area (TPSA) is 56.8 Å². The van der Waals surface area contributed by atoms with Gasteiger partial charge in [0.05, 0.1) is 5.57 Å². The molecule has 1 fully saturated rings. The van der Waals surface area contributed by atoms with Crippen LogP contribution in [0.1, 0.15) is 51.0 Å². The summed E-state index contributed by atoms with van der Waals surface area (Å²) in [5.74, 6) is 0.661. The number of carbonyl (C=O) groups is 2. The highest BCUT2D eigenvalue weighted by Gasteiger charge is 2.41. The van der Waals surface area contributed by atoms with E-state index in [9.17, 15) is 9.59 Å². The van der Waals surface area contributed by atoms with Crippen molar-refractivity contribution in [3.05, 3.63) is 66.0 Å². The average molecular weight is 447 g/mol. The predicted molar refractivity (Wildman–Crippen MR) is 131 cm³/mol. The minimum atomic E-state index is -0.151. The number of piperazine rings is 1. The van der Waals surface area contributed by atoms with Crippen molar-refractivity contribution in [2.75, 3.05) is 37.6 Å². The SMILES string of the molecule is CCCCCCCCN1C(=O)C(c2ccccc2)=C(N2CCN(c3ccccn3)CC2)C1=O. The van der Waals surface area contributed by atoms with E-state index in [1.165, 1.54) is 24.2 Å². The van der Waals surface area contributed by atoms with Crippen molar-refractivity contribution in [3.8, 4) is 0 Å². The molecule has 1 saturated heterocycles. The summed E-state index contributed by atoms with van der Waals surface area (Å²) in [5, 5.41) is 0. The molecule has 4 rings (SSSR count). The quantitative estimate of drug-likeness (QED) is 0.401. The van der Waals surface area contributed by atoms with Gasteiger partial charge in [-0.15, -0.1) is 0 Å². The monoisotopic (exact) mass is 446 g/mol. The van der Waals surface area contributed by atoms with Gasteiger partial charge in [0, 0.05) is 38.9 Å². The van der Waals surface area contributed by atoms with Gasteiger partial charge < -0.3 is 9.80 Å². The summed E-state index contributed by atoms with van der Waals surface area (Å²) >= 11 is 0. The Bertz CT molecular complexity index is 966. The van der Waals surface area contributed by atoms with Crippen LogP contribution in [0.15, 0.2) is 60.4 Å². The second-order valence-electron chi connectivity index (χ2n) is 8.78. The molecule has 0 saturated carbocycles. The summed E-state index contributed by atoms with van der Waals surface area (Å²) in [5.41, 5.74) is 1.94. The first-order valence-electron chi connectivity index (χ1n) is 12.3. The van der Waals surface area contributed by atoms with Crippen molar-refractivity contribution in [3.63, 3.8) is 0 Å². The summed E-state index contributed by atoms with van der Waals surface area (Å²) in [6.07, 6.45) is 8.56. The Balaban J connectivity index is 1.49. The Morgan fingerprint density at radius 2 is 1.42 bits per heavy atom. The lowest BCUT2D eigenvalue weighted by atomic mass is 10.0. The van der Waals surface area contributed by atoms with Crippen molar-refractivity contribution in [2.24, 2.45) is 0 Å². The lowest BCUT2D eigenvalue weighted by Gasteiger charge is -2.37. The van der Waals surface area contributed by atoms with E-state index in [0.717, 1.165) is 43.7 Å². The molecule has 1 aromatic carbocycles. The molecule has 0 unspecified atom stereocenters. The third-order valence-electron chi connectivity index (χ3n) is 6.51. The van der Waals surface area contributed by atoms with Crippen LogP contribution in [0.25, 0.3) is 5.57 Å². The van der Waals surface area contributed by atoms with Crippen LogP contribution < -0.4 is 4.90 Å². The van der Waals surface area contributed by atoms with E-state index in [1.54, 1.807) is 6.20 Å². The maximum absolute atomic E-state index is 13.5. The highest BCUT2D eigenvalue weighted by molar-refractivity contribution is 6.35. The maximum atomic E-state index is 13.5. The van der Waals surface area contributed by atoms with Crippen molar-refractivity contribution >= 4 is 23.2 Å². The number of rotatable bonds is 10. The number of benzene rings is 1. The fourth-order valence-corrected chi connectivity index (χ4v) is 4.67. The number of hydrogen-bond donors (Lipinski definition) is 0. The molecule has 1 aromatic heterocycles. The molecule has 3 heterocycles. The van der Waals surface area contributed by atoms with Gasteiger partial charge in [0.1, 0.15) is 11.5 Å². The number of aromatic nitrogens is 1. The second kappa shape index (κ2) is 11.1. The molecule has 2 aliphatic rings. The first-order valence-corrected chi connectivity index (χ1v) is 12.3. The molecule has 0 N–H and O–H groups in total. The Labute approximate surface area is 196 Å². The minimum Gasteiger partial charge on any atom is -0.363 e. The number of carbonyl (C=O) groups excluding carboxylic acids is 2. The van der Waals surface area contributed by atoms with Crippen LogP contribution in [0.4, 0.5) is 5.82 Å². The molecule has 0 radical (unpaired) electrons. The van der Waals surface area contributed by atoms with Gasteiger partial charge in [0.2, 0.25) is 0 Å². The first-order chi connectivity index (χ1) is 16.2. The fourth-order valence-electron chi connectivity index (χ4n) is 4.67. The van der Waals surface area contributed by atoms with E-state index >= 15 is 0 Å². The fraction of sp³-hybridized carbons (Fsp3) is 0.444. The Kier molecular flexibility index (Phi) is 7.76. The van der Waals surface area contributed by atoms with Gasteiger partial charge in [0.25, 0.3) is 11.8 Å². The van der Waals surface area contributed by atoms with E-state index in [-0.39, 0.29) is 11.8 Å². The number of nitrogens with zero attached hydrogens (tertiary/aromatic N) is 4. The van der Waals surface area contributed by atoms with Gasteiger partial charge in [-0.05, 0) is 24.1 Å². The highest BCUT2D eigenvalue weighted by atomic mass is 16.2. The molecular weight excluding hydrogens is 412 g/mol. The number of pyridine rings is 1. The van der Waals surface area contributed by atoms with Crippen LogP contribution in [-0.4, -0.2) is 59.3 Å². The Morgan fingerprint density at radius 3 is 2.12 bits per heavy atom. The van der Waals surface area contributed by atoms with E-state index < -0.39 is 0 Å². The number of imide groups is 1. The summed E-state index contributed by atoms with van der Waals surface area (Å²) in [6, 6.07) is 15.6. The van der Waals surface area contributed by atoms with Crippen LogP contribution in [0.2, 0.25) is 0 Å². The molecule has 0 atom stereocenters. The molecule has 6 nitrogen and oxygen atoms in total. The van der Waals surface area contributed by atoms with Gasteiger partial charge in [-0.2, -0.15) is 0 Å². The smallest absolute Gasteiger partial charge is 0.277 e. The summed E-state index contributed by atoms with van der Waals surface area (Å²) in [4.78, 5) is 37.2. The molecule has 2 aliphatic heterocycles. The summed E-state index contributed by atoms with van der Waals surface area (Å²) < 4.78 is 0. The van der Waals surface area contributed by atoms with Gasteiger partial charge in [-0.1, -0.05) is 75.4 Å². The maximum Gasteiger partial charge on any atom is 0.277 e. The first kappa shape index (κ1) is 23.0. The lowest BCUT2D eigenvalue weighted by molar-refractivity contribution is -0.137. The van der Waals surface area contributed by atoms with Crippen LogP contribution >= 0.6 is 0 Å². The minimum absolute atomic E-state index is 0.140. The second-order valence-corrected chi connectivity index (χ2v) is 8.78. The molecule has 6 heteroatoms. The van der Waals surface area contributed by atoms with Crippen molar-refractivity contribution in [1.29, 1.82) is 0 Å². The molecule has 0 aliphatic carbocycles. The zero-order chi connectivity index (χ0) is 23.0. The molecule has 2 aromatic rings. The third kappa shape index (κ3) is 5.27. The normalized spacial score (nSPS) is 16.8. The van der Waals surface area contributed by atoms with Gasteiger partial charge >= 0.3 is 0 Å². The van der Waals surface area contributed by atoms with Crippen LogP contribution in [0.5, 0.6) is 0 Å². The molecule has 33 heavy (non-hydrogen) atoms. The van der Waals surface area contributed by atoms with E-state index in [4.69, 9.17) is 0 Å². The van der Waals surface area contributed by atoms with E-state index in [0.29, 0.717) is 30.9 Å². The number of anilines is 1. The van der Waals surface area contributed by atoms with Crippen LogP contribution in [-0.2, 0) is 9.59 Å². The van der Waals surface area contributed by atoms with Crippen molar-refractivity contribution < 1.29 is 9.59 Å². The van der Waals surface area contributed by atoms with Crippen LogP contribution in [0, 0.1) is 0 Å². The average Bonchev–Trinajstić information content (AvgIpc) is 3.12. The van der Waals surface area contributed by atoms with Gasteiger partial charge in [0.15, 0.2) is 0 Å². The predicted octanol–water partition coefficient (Wildman–Crippen LogP) is 4.34. The Morgan fingerprint density at radius 1 is 0.758 bits per heavy atom. The number of hydrogen-bond acceptors (Lipinski definition) is 5. The van der Waals surface area contributed by atoms with E-state index in [1.807, 2.05) is 48.5 Å². The number of amides is 2. The lowest BCUT2D eigenvalue weighted by Crippen LogP contribution is -2.48. The molecule has 174 valence electrons. The van der Waals surface area contributed by atoms with Crippen molar-refractivity contribution in [2.45, 2.75) is 45.4 Å². The highest BCUT2D eigenvalue weighted by Crippen LogP contribution is 2.32. The Hall–Kier alpha value is -3.15. The van der Waals surface area contributed by atoms with Gasteiger partial charge in [-0.3, -0.25) is 14.5 Å². The zero-order valence-electron chi connectivity index (χ0n) is 19.6. The van der Waals surface area contributed by atoms with Crippen LogP contribution in [0.3, 0.4) is 0 Å². The molecule has 0 bridgehead atoms. The molecular formula is C27H34N4O2. The summed E-state index contributed by atoms with van der Waals surface area (Å²) in [7, 11) is 0. The number of unbranched alkanes of at least 4 members (excludes halogenated alkanes) is 5. The largest absolute Gasteiger partial charge is 0.363 e. The zero-order valence-corrected chi connectivity index (χ0v) is 19.6. The van der Waals surface area contributed by atoms with Crippen molar-refractivity contribution in [1.82, 2.24) is 14.8 Å². The van der Waals surface area contributed by atoms with E-state index in [2.05, 4.69) is 21.7 Å². The third-order valence-corrected chi connectivity index (χ3v) is 6.51. The summed E-state index contributed by atoms with van der Waals surface area (Å²) in [6.45, 7) is 5.61. The van der Waals surface area contributed by atoms with Gasteiger partial charge in [-0.25, -0.2) is 4.98 Å². The molecule has 0 spiro atoms. The standard InChI is InChI=1S/C27H34N4O2/c1-2-3-4-5-6-12-17-31-26(32)24(22-13-8-7-9-14-22)25(27(31)33)30-20-18-29(19-21-30)23-15-10-11-16-28-23/h7-11,13-16H,2-6,12,17-21H2,1H3. The molecule has 2 amide bonds.